The van der Waals surface area contributed by atoms with Crippen LogP contribution in [0.5, 0.6) is 0 Å². The van der Waals surface area contributed by atoms with Gasteiger partial charge in [0.15, 0.2) is 5.78 Å². The van der Waals surface area contributed by atoms with Crippen molar-refractivity contribution in [3.8, 4) is 0 Å². The van der Waals surface area contributed by atoms with Crippen LogP contribution in [0.2, 0.25) is 0 Å². The number of anilines is 1. The van der Waals surface area contributed by atoms with Crippen LogP contribution in [0.15, 0.2) is 4.21 Å². The second-order valence-corrected chi connectivity index (χ2v) is 6.76. The van der Waals surface area contributed by atoms with E-state index in [-0.39, 0.29) is 5.92 Å². The van der Waals surface area contributed by atoms with E-state index in [4.69, 9.17) is 5.73 Å². The van der Waals surface area contributed by atoms with Crippen molar-refractivity contribution in [1.82, 2.24) is 0 Å². The van der Waals surface area contributed by atoms with E-state index in [1.165, 1.54) is 22.6 Å². The lowest BCUT2D eigenvalue weighted by Crippen LogP contribution is -2.02. The zero-order chi connectivity index (χ0) is 11.3. The average Bonchev–Trinajstić information content (AvgIpc) is 3.13. The van der Waals surface area contributed by atoms with Gasteiger partial charge in [0.25, 0.3) is 0 Å². The van der Waals surface area contributed by atoms with Gasteiger partial charge in [-0.1, -0.05) is 0 Å². The van der Waals surface area contributed by atoms with Crippen LogP contribution < -0.4 is 5.73 Å². The summed E-state index contributed by atoms with van der Waals surface area (Å²) in [7, 11) is 0. The third kappa shape index (κ3) is 1.68. The standard InChI is InChI=1S/C12H15NOS2/c1-15-12-8(6-2-3-6)9(13)11(16-12)10(14)7-4-5-7/h6-7H,2-5,13H2,1H3. The Hall–Kier alpha value is -0.480. The second kappa shape index (κ2) is 3.77. The molecule has 1 aromatic heterocycles. The molecular formula is C12H15NOS2. The SMILES string of the molecule is CSc1sc(C(=O)C2CC2)c(N)c1C1CC1. The van der Waals surface area contributed by atoms with Gasteiger partial charge < -0.3 is 5.73 Å². The number of thiophene rings is 1. The number of hydrogen-bond donors (Lipinski definition) is 1. The summed E-state index contributed by atoms with van der Waals surface area (Å²) >= 11 is 3.35. The lowest BCUT2D eigenvalue weighted by Gasteiger charge is -2.00. The molecule has 2 fully saturated rings. The molecule has 86 valence electrons. The van der Waals surface area contributed by atoms with Crippen molar-refractivity contribution in [3.63, 3.8) is 0 Å². The summed E-state index contributed by atoms with van der Waals surface area (Å²) in [4.78, 5) is 12.9. The maximum Gasteiger partial charge on any atom is 0.177 e. The molecule has 3 rings (SSSR count). The maximum absolute atomic E-state index is 12.1. The van der Waals surface area contributed by atoms with Crippen molar-refractivity contribution in [2.75, 3.05) is 12.0 Å². The van der Waals surface area contributed by atoms with Gasteiger partial charge in [-0.2, -0.15) is 0 Å². The van der Waals surface area contributed by atoms with Gasteiger partial charge in [0.05, 0.1) is 14.8 Å². The first-order chi connectivity index (χ1) is 7.72. The zero-order valence-corrected chi connectivity index (χ0v) is 10.9. The molecule has 1 aromatic rings. The van der Waals surface area contributed by atoms with Crippen LogP contribution >= 0.6 is 23.1 Å². The lowest BCUT2D eigenvalue weighted by molar-refractivity contribution is 0.0972. The van der Waals surface area contributed by atoms with E-state index in [0.717, 1.165) is 23.4 Å². The molecule has 0 amide bonds. The van der Waals surface area contributed by atoms with Gasteiger partial charge in [-0.25, -0.2) is 0 Å². The van der Waals surface area contributed by atoms with Crippen molar-refractivity contribution in [2.24, 2.45) is 5.92 Å². The minimum Gasteiger partial charge on any atom is -0.397 e. The number of carbonyl (C=O) groups is 1. The predicted octanol–water partition coefficient (Wildman–Crippen LogP) is 3.52. The molecule has 0 bridgehead atoms. The average molecular weight is 253 g/mol. The summed E-state index contributed by atoms with van der Waals surface area (Å²) in [5.74, 6) is 1.21. The molecule has 2 aliphatic rings. The Balaban J connectivity index is 2.01. The molecule has 0 atom stereocenters. The highest BCUT2D eigenvalue weighted by atomic mass is 32.2. The minimum atomic E-state index is 0.280. The highest BCUT2D eigenvalue weighted by molar-refractivity contribution is 8.00. The molecule has 2 N–H and O–H groups in total. The van der Waals surface area contributed by atoms with Crippen LogP contribution in [-0.2, 0) is 0 Å². The van der Waals surface area contributed by atoms with Crippen LogP contribution in [0.4, 0.5) is 5.69 Å². The molecule has 0 aliphatic heterocycles. The van der Waals surface area contributed by atoms with Gasteiger partial charge >= 0.3 is 0 Å². The van der Waals surface area contributed by atoms with E-state index < -0.39 is 0 Å². The van der Waals surface area contributed by atoms with Gasteiger partial charge in [-0.3, -0.25) is 4.79 Å². The summed E-state index contributed by atoms with van der Waals surface area (Å²) in [6.07, 6.45) is 6.67. The number of Topliss-reactive ketones (excluding diaryl/α,β-unsaturated/α-hetero) is 1. The fourth-order valence-electron chi connectivity index (χ4n) is 2.06. The number of rotatable bonds is 4. The Morgan fingerprint density at radius 2 is 2.06 bits per heavy atom. The zero-order valence-electron chi connectivity index (χ0n) is 9.29. The van der Waals surface area contributed by atoms with Gasteiger partial charge in [-0.15, -0.1) is 23.1 Å². The Morgan fingerprint density at radius 3 is 2.56 bits per heavy atom. The molecule has 2 aliphatic carbocycles. The molecule has 0 radical (unpaired) electrons. The molecule has 4 heteroatoms. The number of ketones is 1. The Morgan fingerprint density at radius 1 is 1.38 bits per heavy atom. The van der Waals surface area contributed by atoms with Crippen molar-refractivity contribution >= 4 is 34.6 Å². The van der Waals surface area contributed by atoms with E-state index >= 15 is 0 Å². The van der Waals surface area contributed by atoms with Crippen LogP contribution in [0.25, 0.3) is 0 Å². The molecule has 2 saturated carbocycles. The molecule has 16 heavy (non-hydrogen) atoms. The van der Waals surface area contributed by atoms with Crippen LogP contribution in [-0.4, -0.2) is 12.0 Å². The number of hydrogen-bond acceptors (Lipinski definition) is 4. The van der Waals surface area contributed by atoms with Gasteiger partial charge in [0.2, 0.25) is 0 Å². The Kier molecular flexibility index (Phi) is 2.51. The van der Waals surface area contributed by atoms with Gasteiger partial charge in [-0.05, 0) is 37.9 Å². The minimum absolute atomic E-state index is 0.280. The predicted molar refractivity (Wildman–Crippen MR) is 69.5 cm³/mol. The largest absolute Gasteiger partial charge is 0.397 e. The van der Waals surface area contributed by atoms with Crippen LogP contribution in [0, 0.1) is 5.92 Å². The van der Waals surface area contributed by atoms with Crippen molar-refractivity contribution in [3.05, 3.63) is 10.4 Å². The highest BCUT2D eigenvalue weighted by Crippen LogP contribution is 2.52. The fourth-order valence-corrected chi connectivity index (χ4v) is 4.20. The summed E-state index contributed by atoms with van der Waals surface area (Å²) in [5, 5.41) is 0. The fraction of sp³-hybridized carbons (Fsp3) is 0.583. The van der Waals surface area contributed by atoms with Gasteiger partial charge in [0.1, 0.15) is 0 Å². The van der Waals surface area contributed by atoms with E-state index in [1.807, 2.05) is 0 Å². The van der Waals surface area contributed by atoms with Crippen LogP contribution in [0.1, 0.15) is 46.8 Å². The Labute approximate surface area is 104 Å². The normalized spacial score (nSPS) is 20.1. The molecule has 0 spiro atoms. The van der Waals surface area contributed by atoms with Crippen LogP contribution in [0.3, 0.4) is 0 Å². The molecule has 0 saturated heterocycles. The molecule has 1 heterocycles. The van der Waals surface area contributed by atoms with E-state index in [1.54, 1.807) is 23.1 Å². The number of carbonyl (C=O) groups excluding carboxylic acids is 1. The third-order valence-corrected chi connectivity index (χ3v) is 5.66. The first-order valence-electron chi connectivity index (χ1n) is 5.72. The molecular weight excluding hydrogens is 238 g/mol. The lowest BCUT2D eigenvalue weighted by atomic mass is 10.1. The smallest absolute Gasteiger partial charge is 0.177 e. The third-order valence-electron chi connectivity index (χ3n) is 3.29. The molecule has 2 nitrogen and oxygen atoms in total. The number of nitrogen functional groups attached to an aromatic ring is 1. The van der Waals surface area contributed by atoms with Crippen molar-refractivity contribution in [2.45, 2.75) is 35.8 Å². The van der Waals surface area contributed by atoms with E-state index in [0.29, 0.717) is 11.7 Å². The number of nitrogens with two attached hydrogens (primary N) is 1. The van der Waals surface area contributed by atoms with E-state index in [9.17, 15) is 4.79 Å². The summed E-state index contributed by atoms with van der Waals surface area (Å²) in [5.41, 5.74) is 8.24. The topological polar surface area (TPSA) is 43.1 Å². The second-order valence-electron chi connectivity index (χ2n) is 4.66. The quantitative estimate of drug-likeness (QED) is 0.659. The molecule has 0 aromatic carbocycles. The highest BCUT2D eigenvalue weighted by Gasteiger charge is 2.37. The monoisotopic (exact) mass is 253 g/mol. The summed E-state index contributed by atoms with van der Waals surface area (Å²) in [6.45, 7) is 0. The summed E-state index contributed by atoms with van der Waals surface area (Å²) < 4.78 is 1.27. The number of thioether (sulfide) groups is 1. The summed E-state index contributed by atoms with van der Waals surface area (Å²) in [6, 6.07) is 0. The first kappa shape index (κ1) is 10.7. The Bertz CT molecular complexity index is 444. The molecule has 0 unspecified atom stereocenters. The maximum atomic E-state index is 12.1. The first-order valence-corrected chi connectivity index (χ1v) is 7.77. The van der Waals surface area contributed by atoms with E-state index in [2.05, 4.69) is 6.26 Å². The van der Waals surface area contributed by atoms with Crippen molar-refractivity contribution < 1.29 is 4.79 Å². The van der Waals surface area contributed by atoms with Gasteiger partial charge in [0, 0.05) is 11.5 Å². The van der Waals surface area contributed by atoms with Crippen molar-refractivity contribution in [1.29, 1.82) is 0 Å².